The largest absolute Gasteiger partial charge is 0.349 e. The zero-order valence-electron chi connectivity index (χ0n) is 24.4. The summed E-state index contributed by atoms with van der Waals surface area (Å²) in [5.74, 6) is 1.08. The van der Waals surface area contributed by atoms with Crippen LogP contribution in [0.4, 0.5) is 5.69 Å². The molecule has 0 amide bonds. The van der Waals surface area contributed by atoms with Crippen LogP contribution < -0.4 is 9.88 Å². The van der Waals surface area contributed by atoms with Crippen LogP contribution in [-0.2, 0) is 0 Å². The van der Waals surface area contributed by atoms with E-state index in [4.69, 9.17) is 0 Å². The highest BCUT2D eigenvalue weighted by Gasteiger charge is 2.25. The lowest BCUT2D eigenvalue weighted by atomic mass is 10.1. The van der Waals surface area contributed by atoms with E-state index >= 15 is 0 Å². The number of nitrogens with zero attached hydrogens (tertiary/aromatic N) is 2. The van der Waals surface area contributed by atoms with Crippen LogP contribution in [0.2, 0.25) is 0 Å². The van der Waals surface area contributed by atoms with E-state index in [0.29, 0.717) is 0 Å². The summed E-state index contributed by atoms with van der Waals surface area (Å²) in [4.78, 5) is 1.26. The van der Waals surface area contributed by atoms with Gasteiger partial charge in [0.1, 0.15) is 11.4 Å². The Hall–Kier alpha value is -5.06. The van der Waals surface area contributed by atoms with Gasteiger partial charge in [-0.3, -0.25) is 0 Å². The molecule has 1 aromatic heterocycles. The molecule has 3 nitrogen and oxygen atoms in total. The van der Waals surface area contributed by atoms with E-state index in [-0.39, 0.29) is 0 Å². The monoisotopic (exact) mass is 576 g/mol. The molecule has 1 aliphatic heterocycles. The van der Waals surface area contributed by atoms with Gasteiger partial charge in [-0.1, -0.05) is 115 Å². The average Bonchev–Trinajstić information content (AvgIpc) is 3.62. The highest BCUT2D eigenvalue weighted by Crippen LogP contribution is 2.40. The van der Waals surface area contributed by atoms with Crippen LogP contribution in [0, 0.1) is 13.8 Å². The van der Waals surface area contributed by atoms with E-state index in [1.165, 1.54) is 21.7 Å². The molecule has 7 rings (SSSR count). The number of allylic oxidation sites excluding steroid dienone is 4. The van der Waals surface area contributed by atoms with E-state index in [0.717, 1.165) is 33.3 Å². The second kappa shape index (κ2) is 13.3. The van der Waals surface area contributed by atoms with Gasteiger partial charge in [0.15, 0.2) is 11.0 Å². The van der Waals surface area contributed by atoms with Crippen LogP contribution in [0.1, 0.15) is 17.0 Å². The summed E-state index contributed by atoms with van der Waals surface area (Å²) in [7, 11) is 0. The third kappa shape index (κ3) is 6.40. The first kappa shape index (κ1) is 28.1. The number of nitrogens with one attached hydrogen (secondary N) is 1. The molecule has 1 aliphatic rings. The molecule has 0 saturated heterocycles. The van der Waals surface area contributed by atoms with Gasteiger partial charge < -0.3 is 5.32 Å². The first-order chi connectivity index (χ1) is 21.2. The number of benzene rings is 5. The van der Waals surface area contributed by atoms with Gasteiger partial charge in [-0.05, 0) is 79.6 Å². The molecule has 0 bridgehead atoms. The number of hydrogen-bond donors (Lipinski definition) is 1. The van der Waals surface area contributed by atoms with Crippen molar-refractivity contribution >= 4 is 34.6 Å². The van der Waals surface area contributed by atoms with Crippen molar-refractivity contribution in [3.63, 3.8) is 0 Å². The summed E-state index contributed by atoms with van der Waals surface area (Å²) in [5.41, 5.74) is 8.50. The van der Waals surface area contributed by atoms with Gasteiger partial charge in [0.05, 0.1) is 10.7 Å². The highest BCUT2D eigenvalue weighted by atomic mass is 32.2. The number of fused-ring (bicyclic) bond motifs is 2. The number of imidazole rings is 1. The molecule has 5 aromatic carbocycles. The summed E-state index contributed by atoms with van der Waals surface area (Å²) >= 11 is 1.76. The zero-order chi connectivity index (χ0) is 29.4. The molecule has 0 radical (unpaired) electrons. The molecular weight excluding hydrogens is 543 g/mol. The van der Waals surface area contributed by atoms with Crippen molar-refractivity contribution in [1.82, 2.24) is 4.57 Å². The lowest BCUT2D eigenvalue weighted by Crippen LogP contribution is -2.33. The fourth-order valence-electron chi connectivity index (χ4n) is 5.06. The Bertz CT molecular complexity index is 1810. The van der Waals surface area contributed by atoms with Crippen LogP contribution in [0.3, 0.4) is 0 Å². The van der Waals surface area contributed by atoms with Gasteiger partial charge in [-0.25, -0.2) is 0 Å². The van der Waals surface area contributed by atoms with Crippen LogP contribution in [0.15, 0.2) is 168 Å². The number of hydrogen-bond acceptors (Lipinski definition) is 2. The van der Waals surface area contributed by atoms with Crippen molar-refractivity contribution in [3.05, 3.63) is 180 Å². The number of thioether (sulfide) groups is 1. The van der Waals surface area contributed by atoms with E-state index in [9.17, 15) is 0 Å². The Balaban J connectivity index is 0.000000359. The number of aryl methyl sites for hydroxylation is 2. The zero-order valence-corrected chi connectivity index (χ0v) is 25.2. The summed E-state index contributed by atoms with van der Waals surface area (Å²) in [6.45, 7) is 4.24. The van der Waals surface area contributed by atoms with E-state index < -0.39 is 0 Å². The third-order valence-electron chi connectivity index (χ3n) is 7.36. The first-order valence-corrected chi connectivity index (χ1v) is 15.3. The quantitative estimate of drug-likeness (QED) is 0.163. The highest BCUT2D eigenvalue weighted by molar-refractivity contribution is 8.03. The lowest BCUT2D eigenvalue weighted by molar-refractivity contribution is -0.570. The minimum Gasteiger partial charge on any atom is -0.349 e. The minimum absolute atomic E-state index is 1.08. The van der Waals surface area contributed by atoms with Gasteiger partial charge in [-0.2, -0.15) is 9.13 Å². The van der Waals surface area contributed by atoms with Crippen LogP contribution in [-0.4, -0.2) is 4.57 Å². The number of anilines is 1. The molecule has 0 unspecified atom stereocenters. The molecule has 4 heteroatoms. The topological polar surface area (TPSA) is 20.8 Å². The van der Waals surface area contributed by atoms with Gasteiger partial charge >= 0.3 is 0 Å². The molecule has 0 atom stereocenters. The molecule has 0 spiro atoms. The SMILES string of the molecule is C(/C=C/C=C/c1n(-c2ccccc2)c2ccccc2[n+]1-c1ccccc1)=C1\Nc2ccccc2S1.Cc1ccccc1C. The second-order valence-corrected chi connectivity index (χ2v) is 11.4. The smallest absolute Gasteiger partial charge is 0.292 e. The molecular formula is C39H34N3S+. The Morgan fingerprint density at radius 1 is 0.628 bits per heavy atom. The van der Waals surface area contributed by atoms with Gasteiger partial charge in [0.25, 0.3) is 5.82 Å². The Morgan fingerprint density at radius 2 is 1.26 bits per heavy atom. The normalized spacial score (nSPS) is 13.3. The maximum Gasteiger partial charge on any atom is 0.292 e. The lowest BCUT2D eigenvalue weighted by Gasteiger charge is -2.02. The summed E-state index contributed by atoms with van der Waals surface area (Å²) in [6, 6.07) is 46.4. The van der Waals surface area contributed by atoms with Gasteiger partial charge in [0, 0.05) is 11.0 Å². The fraction of sp³-hybridized carbons (Fsp3) is 0.0513. The maximum absolute atomic E-state index is 3.46. The van der Waals surface area contributed by atoms with Crippen molar-refractivity contribution in [3.8, 4) is 11.4 Å². The second-order valence-electron chi connectivity index (χ2n) is 10.3. The van der Waals surface area contributed by atoms with E-state index in [1.54, 1.807) is 11.8 Å². The van der Waals surface area contributed by atoms with Gasteiger partial charge in [-0.15, -0.1) is 0 Å². The van der Waals surface area contributed by atoms with E-state index in [1.807, 2.05) is 0 Å². The third-order valence-corrected chi connectivity index (χ3v) is 8.39. The number of rotatable bonds is 5. The first-order valence-electron chi connectivity index (χ1n) is 14.5. The molecule has 1 N–H and O–H groups in total. The van der Waals surface area contributed by atoms with Gasteiger partial charge in [0.2, 0.25) is 0 Å². The van der Waals surface area contributed by atoms with Crippen LogP contribution in [0.5, 0.6) is 0 Å². The van der Waals surface area contributed by atoms with Crippen molar-refractivity contribution in [1.29, 1.82) is 0 Å². The van der Waals surface area contributed by atoms with Crippen LogP contribution >= 0.6 is 11.8 Å². The minimum atomic E-state index is 1.08. The molecule has 0 saturated carbocycles. The number of para-hydroxylation sites is 5. The molecule has 6 aromatic rings. The molecule has 0 aliphatic carbocycles. The maximum atomic E-state index is 3.46. The van der Waals surface area contributed by atoms with E-state index in [2.05, 4.69) is 192 Å². The Kier molecular flexibility index (Phi) is 8.67. The molecule has 2 heterocycles. The van der Waals surface area contributed by atoms with Crippen molar-refractivity contribution < 1.29 is 4.57 Å². The average molecular weight is 577 g/mol. The summed E-state index contributed by atoms with van der Waals surface area (Å²) < 4.78 is 4.63. The fourth-order valence-corrected chi connectivity index (χ4v) is 5.98. The standard InChI is InChI=1S/C31H23N3S.C8H10/c1-4-14-24(15-5-1)33-27-19-11-12-20-28(27)34(25-16-6-2-7-17-25)31(33)23-9-3-8-22-30-32-26-18-10-13-21-29(26)35-30;1-7-5-3-4-6-8(7)2/h1-23H;3-6H,1-2H3/p+1. The van der Waals surface area contributed by atoms with Crippen molar-refractivity contribution in [2.75, 3.05) is 5.32 Å². The molecule has 0 fully saturated rings. The van der Waals surface area contributed by atoms with Crippen molar-refractivity contribution in [2.45, 2.75) is 18.7 Å². The summed E-state index contributed by atoms with van der Waals surface area (Å²) in [5, 5.41) is 4.60. The molecule has 210 valence electrons. The summed E-state index contributed by atoms with van der Waals surface area (Å²) in [6.07, 6.45) is 10.6. The number of aromatic nitrogens is 2. The Labute approximate surface area is 258 Å². The van der Waals surface area contributed by atoms with Crippen molar-refractivity contribution in [2.24, 2.45) is 0 Å². The predicted molar refractivity (Wildman–Crippen MR) is 183 cm³/mol. The van der Waals surface area contributed by atoms with Crippen LogP contribution in [0.25, 0.3) is 28.5 Å². The predicted octanol–water partition coefficient (Wildman–Crippen LogP) is 9.84. The molecule has 43 heavy (non-hydrogen) atoms. The Morgan fingerprint density at radius 3 is 1.98 bits per heavy atom.